The first-order valence-corrected chi connectivity index (χ1v) is 5.08. The maximum atomic E-state index is 11.6. The van der Waals surface area contributed by atoms with E-state index < -0.39 is 0 Å². The molecule has 0 aliphatic carbocycles. The van der Waals surface area contributed by atoms with Crippen LogP contribution in [0.25, 0.3) is 0 Å². The Balaban J connectivity index is 2.69. The van der Waals surface area contributed by atoms with Crippen molar-refractivity contribution in [1.29, 1.82) is 0 Å². The number of nitrogens with zero attached hydrogens (tertiary/aromatic N) is 1. The maximum Gasteiger partial charge on any atom is 0.410 e. The molecule has 0 aromatic rings. The minimum absolute atomic E-state index is 0.170. The molecule has 4 heteroatoms. The summed E-state index contributed by atoms with van der Waals surface area (Å²) in [5.74, 6) is 0.170. The molecule has 1 amide bonds. The molecule has 1 fully saturated rings. The molecule has 0 unspecified atom stereocenters. The van der Waals surface area contributed by atoms with Crippen LogP contribution in [0.15, 0.2) is 0 Å². The van der Waals surface area contributed by atoms with Crippen LogP contribution in [0.3, 0.4) is 0 Å². The number of piperidine rings is 1. The van der Waals surface area contributed by atoms with E-state index in [-0.39, 0.29) is 17.9 Å². The van der Waals surface area contributed by atoms with Gasteiger partial charge in [0.05, 0.1) is 13.2 Å². The Labute approximate surface area is 84.2 Å². The summed E-state index contributed by atoms with van der Waals surface area (Å²) in [6.45, 7) is 2.65. The minimum atomic E-state index is -0.378. The summed E-state index contributed by atoms with van der Waals surface area (Å²) in [7, 11) is 1.35. The molecule has 1 aliphatic rings. The van der Waals surface area contributed by atoms with Crippen molar-refractivity contribution in [3.63, 3.8) is 0 Å². The van der Waals surface area contributed by atoms with Gasteiger partial charge in [0.2, 0.25) is 0 Å². The highest BCUT2D eigenvalue weighted by Crippen LogP contribution is 2.18. The molecule has 0 saturated carbocycles. The lowest BCUT2D eigenvalue weighted by atomic mass is 9.97. The van der Waals surface area contributed by atoms with Crippen molar-refractivity contribution in [3.05, 3.63) is 0 Å². The quantitative estimate of drug-likeness (QED) is 0.678. The number of likely N-dealkylation sites (tertiary alicyclic amines) is 1. The molecular weight excluding hydrogens is 182 g/mol. The Morgan fingerprint density at radius 3 is 2.93 bits per heavy atom. The first-order valence-electron chi connectivity index (χ1n) is 5.08. The molecule has 1 heterocycles. The van der Waals surface area contributed by atoms with Gasteiger partial charge in [-0.3, -0.25) is 9.69 Å². The molecule has 0 radical (unpaired) electrons. The van der Waals surface area contributed by atoms with Gasteiger partial charge in [0.1, 0.15) is 0 Å². The second-order valence-corrected chi connectivity index (χ2v) is 3.54. The molecule has 1 aliphatic heterocycles. The van der Waals surface area contributed by atoms with E-state index in [1.165, 1.54) is 7.11 Å². The van der Waals surface area contributed by atoms with Crippen LogP contribution in [-0.4, -0.2) is 36.5 Å². The summed E-state index contributed by atoms with van der Waals surface area (Å²) in [5, 5.41) is 0. The SMILES string of the molecule is CCC[C@H]1C(=O)CCCN1C(=O)OC. The number of rotatable bonds is 2. The summed E-state index contributed by atoms with van der Waals surface area (Å²) in [4.78, 5) is 24.5. The van der Waals surface area contributed by atoms with E-state index in [1.807, 2.05) is 6.92 Å². The van der Waals surface area contributed by atoms with Gasteiger partial charge in [-0.2, -0.15) is 0 Å². The van der Waals surface area contributed by atoms with Gasteiger partial charge in [-0.15, -0.1) is 0 Å². The van der Waals surface area contributed by atoms with E-state index in [0.29, 0.717) is 13.0 Å². The number of hydrogen-bond donors (Lipinski definition) is 0. The smallest absolute Gasteiger partial charge is 0.410 e. The van der Waals surface area contributed by atoms with E-state index in [0.717, 1.165) is 19.3 Å². The lowest BCUT2D eigenvalue weighted by molar-refractivity contribution is -0.126. The Hall–Kier alpha value is -1.06. The van der Waals surface area contributed by atoms with Crippen molar-refractivity contribution in [2.24, 2.45) is 0 Å². The highest BCUT2D eigenvalue weighted by molar-refractivity contribution is 5.88. The fraction of sp³-hybridized carbons (Fsp3) is 0.800. The van der Waals surface area contributed by atoms with Crippen molar-refractivity contribution in [1.82, 2.24) is 4.90 Å². The Morgan fingerprint density at radius 1 is 1.64 bits per heavy atom. The Kier molecular flexibility index (Phi) is 3.92. The zero-order valence-corrected chi connectivity index (χ0v) is 8.78. The normalized spacial score (nSPS) is 22.3. The van der Waals surface area contributed by atoms with E-state index >= 15 is 0 Å². The number of amides is 1. The number of methoxy groups -OCH3 is 1. The molecule has 80 valence electrons. The third-order valence-electron chi connectivity index (χ3n) is 2.54. The third-order valence-corrected chi connectivity index (χ3v) is 2.54. The molecule has 0 spiro atoms. The summed E-state index contributed by atoms with van der Waals surface area (Å²) in [6, 6.07) is -0.249. The number of carbonyl (C=O) groups is 2. The van der Waals surface area contributed by atoms with Crippen LogP contribution in [0.2, 0.25) is 0 Å². The first-order chi connectivity index (χ1) is 6.70. The van der Waals surface area contributed by atoms with Gasteiger partial charge >= 0.3 is 6.09 Å². The van der Waals surface area contributed by atoms with Crippen LogP contribution in [0.5, 0.6) is 0 Å². The molecule has 14 heavy (non-hydrogen) atoms. The van der Waals surface area contributed by atoms with Crippen molar-refractivity contribution in [3.8, 4) is 0 Å². The van der Waals surface area contributed by atoms with Gasteiger partial charge in [0.15, 0.2) is 5.78 Å². The topological polar surface area (TPSA) is 46.6 Å². The van der Waals surface area contributed by atoms with Crippen LogP contribution in [-0.2, 0) is 9.53 Å². The van der Waals surface area contributed by atoms with Gasteiger partial charge in [-0.1, -0.05) is 13.3 Å². The second-order valence-electron chi connectivity index (χ2n) is 3.54. The van der Waals surface area contributed by atoms with Crippen molar-refractivity contribution < 1.29 is 14.3 Å². The molecule has 4 nitrogen and oxygen atoms in total. The number of ether oxygens (including phenoxy) is 1. The van der Waals surface area contributed by atoms with Crippen molar-refractivity contribution in [2.45, 2.75) is 38.6 Å². The van der Waals surface area contributed by atoms with Gasteiger partial charge < -0.3 is 4.74 Å². The Bertz CT molecular complexity index is 215. The van der Waals surface area contributed by atoms with Crippen LogP contribution < -0.4 is 0 Å². The zero-order valence-electron chi connectivity index (χ0n) is 8.78. The molecule has 0 aromatic carbocycles. The van der Waals surface area contributed by atoms with Crippen LogP contribution in [0.1, 0.15) is 32.6 Å². The van der Waals surface area contributed by atoms with Crippen LogP contribution in [0, 0.1) is 0 Å². The van der Waals surface area contributed by atoms with E-state index in [9.17, 15) is 9.59 Å². The highest BCUT2D eigenvalue weighted by atomic mass is 16.5. The number of Topliss-reactive ketones (excluding diaryl/α,β-unsaturated/α-hetero) is 1. The second kappa shape index (κ2) is 4.98. The van der Waals surface area contributed by atoms with Crippen LogP contribution >= 0.6 is 0 Å². The number of ketones is 1. The van der Waals surface area contributed by atoms with Gasteiger partial charge in [0.25, 0.3) is 0 Å². The molecule has 1 saturated heterocycles. The molecule has 0 N–H and O–H groups in total. The first kappa shape index (κ1) is 11.0. The number of carbonyl (C=O) groups excluding carboxylic acids is 2. The van der Waals surface area contributed by atoms with E-state index in [4.69, 9.17) is 0 Å². The van der Waals surface area contributed by atoms with Crippen LogP contribution in [0.4, 0.5) is 4.79 Å². The molecule has 1 rings (SSSR count). The molecule has 0 bridgehead atoms. The summed E-state index contributed by atoms with van der Waals surface area (Å²) < 4.78 is 4.65. The average Bonchev–Trinajstić information content (AvgIpc) is 2.20. The molecule has 1 atom stereocenters. The zero-order chi connectivity index (χ0) is 10.6. The fourth-order valence-electron chi connectivity index (χ4n) is 1.85. The average molecular weight is 199 g/mol. The maximum absolute atomic E-state index is 11.6. The highest BCUT2D eigenvalue weighted by Gasteiger charge is 2.32. The lowest BCUT2D eigenvalue weighted by Crippen LogP contribution is -2.48. The van der Waals surface area contributed by atoms with Gasteiger partial charge in [-0.05, 0) is 12.8 Å². The third kappa shape index (κ3) is 2.25. The largest absolute Gasteiger partial charge is 0.453 e. The standard InChI is InChI=1S/C10H17NO3/c1-3-5-8-9(12)6-4-7-11(8)10(13)14-2/h8H,3-7H2,1-2H3/t8-/m0/s1. The predicted octanol–water partition coefficient (Wildman–Crippen LogP) is 1.59. The van der Waals surface area contributed by atoms with E-state index in [1.54, 1.807) is 4.90 Å². The summed E-state index contributed by atoms with van der Waals surface area (Å²) in [6.07, 6.45) is 2.63. The molecular formula is C10H17NO3. The molecule has 0 aromatic heterocycles. The van der Waals surface area contributed by atoms with Gasteiger partial charge in [-0.25, -0.2) is 4.79 Å². The van der Waals surface area contributed by atoms with Crippen molar-refractivity contribution in [2.75, 3.05) is 13.7 Å². The summed E-state index contributed by atoms with van der Waals surface area (Å²) in [5.41, 5.74) is 0. The monoisotopic (exact) mass is 199 g/mol. The summed E-state index contributed by atoms with van der Waals surface area (Å²) >= 11 is 0. The number of hydrogen-bond acceptors (Lipinski definition) is 3. The van der Waals surface area contributed by atoms with Gasteiger partial charge in [0, 0.05) is 13.0 Å². The predicted molar refractivity (Wildman–Crippen MR) is 52.0 cm³/mol. The van der Waals surface area contributed by atoms with E-state index in [2.05, 4.69) is 4.74 Å². The van der Waals surface area contributed by atoms with Crippen molar-refractivity contribution >= 4 is 11.9 Å². The Morgan fingerprint density at radius 2 is 2.36 bits per heavy atom. The lowest BCUT2D eigenvalue weighted by Gasteiger charge is -2.33. The minimum Gasteiger partial charge on any atom is -0.453 e. The fourth-order valence-corrected chi connectivity index (χ4v) is 1.85.